The molecule has 0 aliphatic heterocycles. The quantitative estimate of drug-likeness (QED) is 0.565. The van der Waals surface area contributed by atoms with E-state index in [1.807, 2.05) is 12.1 Å². The summed E-state index contributed by atoms with van der Waals surface area (Å²) in [7, 11) is 4.17. The highest BCUT2D eigenvalue weighted by molar-refractivity contribution is 6.30. The Morgan fingerprint density at radius 1 is 0.964 bits per heavy atom. The summed E-state index contributed by atoms with van der Waals surface area (Å²) in [6.45, 7) is 0.969. The second kappa shape index (κ2) is 10.8. The lowest BCUT2D eigenvalue weighted by Crippen LogP contribution is -2.24. The van der Waals surface area contributed by atoms with Crippen LogP contribution in [0.5, 0.6) is 0 Å². The number of hydrogen-bond acceptors (Lipinski definition) is 3. The zero-order chi connectivity index (χ0) is 19.2. The lowest BCUT2D eigenvalue weighted by Gasteiger charge is -2.28. The minimum absolute atomic E-state index is 0. The number of hydrogen-bond donors (Lipinski definition) is 0. The molecule has 2 aromatic rings. The second-order valence-electron chi connectivity index (χ2n) is 7.75. The molecule has 152 valence electrons. The van der Waals surface area contributed by atoms with Crippen molar-refractivity contribution in [2.45, 2.75) is 50.7 Å². The lowest BCUT2D eigenvalue weighted by atomic mass is 9.82. The minimum atomic E-state index is -0.145. The van der Waals surface area contributed by atoms with Crippen LogP contribution in [0.1, 0.15) is 48.3 Å². The Hall–Kier alpha value is -1.55. The molecule has 1 fully saturated rings. The topological polar surface area (TPSA) is 29.5 Å². The van der Waals surface area contributed by atoms with Crippen molar-refractivity contribution in [2.75, 3.05) is 14.1 Å². The van der Waals surface area contributed by atoms with Gasteiger partial charge in [0.2, 0.25) is 0 Å². The maximum absolute atomic E-state index is 12.2. The molecule has 0 heterocycles. The molecule has 0 saturated heterocycles. The minimum Gasteiger partial charge on any atom is -0.462 e. The summed E-state index contributed by atoms with van der Waals surface area (Å²) in [5.41, 5.74) is 3.69. The third-order valence-electron chi connectivity index (χ3n) is 5.18. The Morgan fingerprint density at radius 3 is 2.11 bits per heavy atom. The van der Waals surface area contributed by atoms with E-state index >= 15 is 0 Å². The Kier molecular flexibility index (Phi) is 8.81. The maximum atomic E-state index is 12.2. The van der Waals surface area contributed by atoms with Crippen molar-refractivity contribution in [1.82, 2.24) is 4.90 Å². The molecule has 0 amide bonds. The van der Waals surface area contributed by atoms with Gasteiger partial charge in [-0.15, -0.1) is 12.4 Å². The van der Waals surface area contributed by atoms with Crippen LogP contribution in [-0.4, -0.2) is 31.1 Å². The normalized spacial score (nSPS) is 19.1. The van der Waals surface area contributed by atoms with Gasteiger partial charge in [0.25, 0.3) is 0 Å². The van der Waals surface area contributed by atoms with Crippen molar-refractivity contribution >= 4 is 30.0 Å². The summed E-state index contributed by atoms with van der Waals surface area (Å²) < 4.78 is 5.70. The van der Waals surface area contributed by atoms with Crippen LogP contribution in [0, 0.1) is 0 Å². The highest BCUT2D eigenvalue weighted by Crippen LogP contribution is 2.34. The summed E-state index contributed by atoms with van der Waals surface area (Å²) in [5.74, 6) is 0.429. The first kappa shape index (κ1) is 22.7. The largest absolute Gasteiger partial charge is 0.462 e. The SMILES string of the molecule is CN(C)Cc1ccc([C@H]2CC[C@H](OC(=O)Cc3ccc(Cl)cc3)CC2)cc1.Cl. The number of benzene rings is 2. The lowest BCUT2D eigenvalue weighted by molar-refractivity contribution is -0.149. The van der Waals surface area contributed by atoms with Gasteiger partial charge in [0, 0.05) is 11.6 Å². The highest BCUT2D eigenvalue weighted by atomic mass is 35.5. The molecule has 0 bridgehead atoms. The summed E-state index contributed by atoms with van der Waals surface area (Å²) in [4.78, 5) is 14.4. The van der Waals surface area contributed by atoms with E-state index in [0.717, 1.165) is 37.8 Å². The van der Waals surface area contributed by atoms with Gasteiger partial charge in [0.1, 0.15) is 6.10 Å². The fourth-order valence-corrected chi connectivity index (χ4v) is 3.90. The maximum Gasteiger partial charge on any atom is 0.310 e. The average molecular weight is 422 g/mol. The van der Waals surface area contributed by atoms with Gasteiger partial charge >= 0.3 is 5.97 Å². The van der Waals surface area contributed by atoms with Gasteiger partial charge in [-0.25, -0.2) is 0 Å². The highest BCUT2D eigenvalue weighted by Gasteiger charge is 2.25. The first-order chi connectivity index (χ1) is 13.0. The monoisotopic (exact) mass is 421 g/mol. The number of halogens is 2. The summed E-state index contributed by atoms with van der Waals surface area (Å²) in [6.07, 6.45) is 4.39. The molecule has 0 N–H and O–H groups in total. The molecule has 0 atom stereocenters. The zero-order valence-corrected chi connectivity index (χ0v) is 18.1. The second-order valence-corrected chi connectivity index (χ2v) is 8.18. The number of carbonyl (C=O) groups is 1. The molecule has 0 radical (unpaired) electrons. The molecular formula is C23H29Cl2NO2. The molecule has 0 aromatic heterocycles. The molecule has 3 nitrogen and oxygen atoms in total. The predicted molar refractivity (Wildman–Crippen MR) is 117 cm³/mol. The average Bonchev–Trinajstić information content (AvgIpc) is 2.64. The van der Waals surface area contributed by atoms with Crippen LogP contribution in [0.25, 0.3) is 0 Å². The van der Waals surface area contributed by atoms with Crippen molar-refractivity contribution in [1.29, 1.82) is 0 Å². The van der Waals surface area contributed by atoms with Gasteiger partial charge in [-0.2, -0.15) is 0 Å². The summed E-state index contributed by atoms with van der Waals surface area (Å²) >= 11 is 5.88. The third kappa shape index (κ3) is 6.80. The number of esters is 1. The van der Waals surface area contributed by atoms with E-state index in [0.29, 0.717) is 17.4 Å². The number of carbonyl (C=O) groups excluding carboxylic acids is 1. The zero-order valence-electron chi connectivity index (χ0n) is 16.6. The third-order valence-corrected chi connectivity index (χ3v) is 5.44. The predicted octanol–water partition coefficient (Wildman–Crippen LogP) is 5.64. The Balaban J connectivity index is 0.00000280. The van der Waals surface area contributed by atoms with E-state index in [-0.39, 0.29) is 24.5 Å². The number of nitrogens with zero attached hydrogens (tertiary/aromatic N) is 1. The van der Waals surface area contributed by atoms with E-state index < -0.39 is 0 Å². The molecule has 1 aliphatic rings. The standard InChI is InChI=1S/C23H28ClNO2.ClH/c1-25(2)16-18-3-7-19(8-4-18)20-9-13-22(14-10-20)27-23(26)15-17-5-11-21(24)12-6-17;/h3-8,11-12,20,22H,9-10,13-16H2,1-2H3;1H/t20-,22-;. The van der Waals surface area contributed by atoms with E-state index in [2.05, 4.69) is 43.3 Å². The van der Waals surface area contributed by atoms with Crippen LogP contribution in [0.2, 0.25) is 5.02 Å². The fraction of sp³-hybridized carbons (Fsp3) is 0.435. The molecule has 28 heavy (non-hydrogen) atoms. The van der Waals surface area contributed by atoms with Crippen molar-refractivity contribution in [2.24, 2.45) is 0 Å². The molecule has 5 heteroatoms. The van der Waals surface area contributed by atoms with Crippen LogP contribution in [0.15, 0.2) is 48.5 Å². The van der Waals surface area contributed by atoms with Crippen LogP contribution < -0.4 is 0 Å². The van der Waals surface area contributed by atoms with Gasteiger partial charge < -0.3 is 9.64 Å². The van der Waals surface area contributed by atoms with Crippen LogP contribution in [0.4, 0.5) is 0 Å². The number of ether oxygens (including phenoxy) is 1. The smallest absolute Gasteiger partial charge is 0.310 e. The van der Waals surface area contributed by atoms with Crippen molar-refractivity contribution in [3.63, 3.8) is 0 Å². The van der Waals surface area contributed by atoms with Crippen LogP contribution in [-0.2, 0) is 22.5 Å². The van der Waals surface area contributed by atoms with Gasteiger partial charge in [-0.05, 0) is 74.5 Å². The molecule has 0 spiro atoms. The first-order valence-corrected chi connectivity index (χ1v) is 10.0. The summed E-state index contributed by atoms with van der Waals surface area (Å²) in [5, 5.41) is 0.681. The van der Waals surface area contributed by atoms with E-state index in [9.17, 15) is 4.79 Å². The Labute approximate surface area is 179 Å². The van der Waals surface area contributed by atoms with Crippen molar-refractivity contribution in [3.8, 4) is 0 Å². The number of rotatable bonds is 6. The van der Waals surface area contributed by atoms with Gasteiger partial charge in [-0.1, -0.05) is 48.0 Å². The first-order valence-electron chi connectivity index (χ1n) is 9.67. The van der Waals surface area contributed by atoms with Crippen molar-refractivity contribution in [3.05, 3.63) is 70.2 Å². The van der Waals surface area contributed by atoms with Gasteiger partial charge in [0.15, 0.2) is 0 Å². The van der Waals surface area contributed by atoms with E-state index in [1.165, 1.54) is 11.1 Å². The molecule has 1 saturated carbocycles. The molecular weight excluding hydrogens is 393 g/mol. The van der Waals surface area contributed by atoms with E-state index in [4.69, 9.17) is 16.3 Å². The molecule has 1 aliphatic carbocycles. The van der Waals surface area contributed by atoms with Gasteiger partial charge in [-0.3, -0.25) is 4.79 Å². The van der Waals surface area contributed by atoms with E-state index in [1.54, 1.807) is 12.1 Å². The molecule has 3 rings (SSSR count). The Morgan fingerprint density at radius 2 is 1.54 bits per heavy atom. The van der Waals surface area contributed by atoms with Crippen molar-refractivity contribution < 1.29 is 9.53 Å². The van der Waals surface area contributed by atoms with Crippen LogP contribution >= 0.6 is 24.0 Å². The van der Waals surface area contributed by atoms with Gasteiger partial charge in [0.05, 0.1) is 6.42 Å². The summed E-state index contributed by atoms with van der Waals surface area (Å²) in [6, 6.07) is 16.3. The molecule has 0 unspecified atom stereocenters. The molecule has 2 aromatic carbocycles. The Bertz CT molecular complexity index is 736. The van der Waals surface area contributed by atoms with Crippen LogP contribution in [0.3, 0.4) is 0 Å². The fourth-order valence-electron chi connectivity index (χ4n) is 3.77.